The topological polar surface area (TPSA) is 64.6 Å². The van der Waals surface area contributed by atoms with Crippen LogP contribution in [0.4, 0.5) is 5.69 Å². The van der Waals surface area contributed by atoms with Gasteiger partial charge in [-0.3, -0.25) is 9.59 Å². The van der Waals surface area contributed by atoms with Crippen LogP contribution in [0.2, 0.25) is 10.0 Å². The second-order valence-corrected chi connectivity index (χ2v) is 5.92. The number of rotatable bonds is 7. The number of nitrogens with one attached hydrogen (secondary N) is 1. The molecule has 1 N–H and O–H groups in total. The van der Waals surface area contributed by atoms with Crippen molar-refractivity contribution in [1.29, 1.82) is 0 Å². The lowest BCUT2D eigenvalue weighted by Gasteiger charge is -2.08. The number of anilines is 1. The molecule has 25 heavy (non-hydrogen) atoms. The minimum atomic E-state index is -0.550. The highest BCUT2D eigenvalue weighted by atomic mass is 35.5. The molecule has 0 saturated heterocycles. The third-order valence-corrected chi connectivity index (χ3v) is 3.75. The third kappa shape index (κ3) is 6.29. The van der Waals surface area contributed by atoms with Gasteiger partial charge in [0.25, 0.3) is 5.91 Å². The van der Waals surface area contributed by atoms with Crippen LogP contribution in [-0.2, 0) is 20.7 Å². The van der Waals surface area contributed by atoms with E-state index in [1.54, 1.807) is 42.5 Å². The lowest BCUT2D eigenvalue weighted by atomic mass is 10.1. The zero-order valence-electron chi connectivity index (χ0n) is 13.6. The number of carbonyl (C=O) groups excluding carboxylic acids is 2. The Kier molecular flexibility index (Phi) is 7.10. The van der Waals surface area contributed by atoms with Crippen molar-refractivity contribution in [3.63, 3.8) is 0 Å². The standard InChI is InChI=1S/C18H17Cl2NO4/c1-2-24-15-7-5-14(6-8-15)21-17(22)11-25-18(23)9-12-3-4-13(19)10-16(12)20/h3-8,10H,2,9,11H2,1H3,(H,21,22). The third-order valence-electron chi connectivity index (χ3n) is 3.16. The maximum absolute atomic E-state index is 11.8. The summed E-state index contributed by atoms with van der Waals surface area (Å²) in [4.78, 5) is 23.6. The highest BCUT2D eigenvalue weighted by Gasteiger charge is 2.11. The molecule has 0 bridgehead atoms. The van der Waals surface area contributed by atoms with Gasteiger partial charge >= 0.3 is 5.97 Å². The molecule has 0 aliphatic rings. The van der Waals surface area contributed by atoms with E-state index in [1.807, 2.05) is 6.92 Å². The molecule has 2 aromatic rings. The van der Waals surface area contributed by atoms with Crippen molar-refractivity contribution in [3.8, 4) is 5.75 Å². The number of carbonyl (C=O) groups is 2. The van der Waals surface area contributed by atoms with Crippen molar-refractivity contribution in [2.24, 2.45) is 0 Å². The van der Waals surface area contributed by atoms with Crippen LogP contribution in [0, 0.1) is 0 Å². The summed E-state index contributed by atoms with van der Waals surface area (Å²) >= 11 is 11.8. The van der Waals surface area contributed by atoms with Crippen LogP contribution in [0.25, 0.3) is 0 Å². The summed E-state index contributed by atoms with van der Waals surface area (Å²) in [7, 11) is 0. The Balaban J connectivity index is 1.79. The van der Waals surface area contributed by atoms with E-state index in [0.717, 1.165) is 0 Å². The van der Waals surface area contributed by atoms with Crippen LogP contribution in [0.3, 0.4) is 0 Å². The van der Waals surface area contributed by atoms with E-state index in [4.69, 9.17) is 32.7 Å². The summed E-state index contributed by atoms with van der Waals surface area (Å²) in [5.74, 6) is -0.266. The Morgan fingerprint density at radius 1 is 1.08 bits per heavy atom. The molecule has 0 aliphatic carbocycles. The van der Waals surface area contributed by atoms with E-state index in [2.05, 4.69) is 5.32 Å². The fraction of sp³-hybridized carbons (Fsp3) is 0.222. The van der Waals surface area contributed by atoms with E-state index in [0.29, 0.717) is 33.7 Å². The number of hydrogen-bond donors (Lipinski definition) is 1. The first-order valence-corrected chi connectivity index (χ1v) is 8.35. The maximum atomic E-state index is 11.8. The Labute approximate surface area is 155 Å². The van der Waals surface area contributed by atoms with Gasteiger partial charge in [-0.25, -0.2) is 0 Å². The number of amides is 1. The zero-order valence-corrected chi connectivity index (χ0v) is 15.1. The number of hydrogen-bond acceptors (Lipinski definition) is 4. The van der Waals surface area contributed by atoms with Crippen molar-refractivity contribution in [2.75, 3.05) is 18.5 Å². The summed E-state index contributed by atoms with van der Waals surface area (Å²) in [5, 5.41) is 3.50. The molecule has 0 fully saturated rings. The van der Waals surface area contributed by atoms with Crippen LogP contribution >= 0.6 is 23.2 Å². The Morgan fingerprint density at radius 3 is 2.44 bits per heavy atom. The molecule has 2 rings (SSSR count). The fourth-order valence-corrected chi connectivity index (χ4v) is 2.49. The highest BCUT2D eigenvalue weighted by Crippen LogP contribution is 2.21. The van der Waals surface area contributed by atoms with E-state index in [-0.39, 0.29) is 13.0 Å². The Hall–Kier alpha value is -2.24. The predicted octanol–water partition coefficient (Wildman–Crippen LogP) is 4.12. The van der Waals surface area contributed by atoms with Gasteiger partial charge in [-0.15, -0.1) is 0 Å². The lowest BCUT2D eigenvalue weighted by molar-refractivity contribution is -0.146. The average molecular weight is 382 g/mol. The van der Waals surface area contributed by atoms with E-state index in [9.17, 15) is 9.59 Å². The first-order valence-electron chi connectivity index (χ1n) is 7.60. The first kappa shape index (κ1) is 19.1. The van der Waals surface area contributed by atoms with Gasteiger partial charge in [-0.05, 0) is 48.9 Å². The van der Waals surface area contributed by atoms with Gasteiger partial charge in [-0.1, -0.05) is 29.3 Å². The van der Waals surface area contributed by atoms with Gasteiger partial charge in [0.1, 0.15) is 5.75 Å². The maximum Gasteiger partial charge on any atom is 0.310 e. The minimum absolute atomic E-state index is 0.0354. The van der Waals surface area contributed by atoms with Gasteiger partial charge < -0.3 is 14.8 Å². The van der Waals surface area contributed by atoms with Gasteiger partial charge in [0, 0.05) is 15.7 Å². The lowest BCUT2D eigenvalue weighted by Crippen LogP contribution is -2.21. The number of benzene rings is 2. The van der Waals surface area contributed by atoms with Crippen LogP contribution < -0.4 is 10.1 Å². The molecule has 0 aliphatic heterocycles. The molecule has 0 unspecified atom stereocenters. The molecule has 0 heterocycles. The second kappa shape index (κ2) is 9.30. The van der Waals surface area contributed by atoms with Crippen molar-refractivity contribution >= 4 is 40.8 Å². The number of halogens is 2. The molecule has 7 heteroatoms. The molecule has 132 valence electrons. The van der Waals surface area contributed by atoms with Gasteiger partial charge in [0.05, 0.1) is 13.0 Å². The Bertz CT molecular complexity index is 747. The first-order chi connectivity index (χ1) is 12.0. The van der Waals surface area contributed by atoms with Crippen molar-refractivity contribution in [2.45, 2.75) is 13.3 Å². The number of ether oxygens (including phenoxy) is 2. The largest absolute Gasteiger partial charge is 0.494 e. The molecule has 0 spiro atoms. The van der Waals surface area contributed by atoms with E-state index in [1.165, 1.54) is 0 Å². The quantitative estimate of drug-likeness (QED) is 0.732. The molecule has 5 nitrogen and oxygen atoms in total. The van der Waals surface area contributed by atoms with E-state index >= 15 is 0 Å². The fourth-order valence-electron chi connectivity index (χ4n) is 2.02. The minimum Gasteiger partial charge on any atom is -0.494 e. The van der Waals surface area contributed by atoms with Gasteiger partial charge in [0.15, 0.2) is 6.61 Å². The van der Waals surface area contributed by atoms with Crippen LogP contribution in [0.1, 0.15) is 12.5 Å². The molecular weight excluding hydrogens is 365 g/mol. The van der Waals surface area contributed by atoms with E-state index < -0.39 is 11.9 Å². The normalized spacial score (nSPS) is 10.2. The molecule has 0 atom stereocenters. The van der Waals surface area contributed by atoms with Gasteiger partial charge in [-0.2, -0.15) is 0 Å². The Morgan fingerprint density at radius 2 is 1.80 bits per heavy atom. The SMILES string of the molecule is CCOc1ccc(NC(=O)COC(=O)Cc2ccc(Cl)cc2Cl)cc1. The highest BCUT2D eigenvalue weighted by molar-refractivity contribution is 6.35. The van der Waals surface area contributed by atoms with Crippen molar-refractivity contribution < 1.29 is 19.1 Å². The van der Waals surface area contributed by atoms with Crippen molar-refractivity contribution in [1.82, 2.24) is 0 Å². The summed E-state index contributed by atoms with van der Waals surface area (Å²) in [6.45, 7) is 2.08. The van der Waals surface area contributed by atoms with Gasteiger partial charge in [0.2, 0.25) is 0 Å². The molecule has 0 aromatic heterocycles. The summed E-state index contributed by atoms with van der Waals surface area (Å²) in [6, 6.07) is 11.7. The second-order valence-electron chi connectivity index (χ2n) is 5.08. The van der Waals surface area contributed by atoms with Crippen molar-refractivity contribution in [3.05, 3.63) is 58.1 Å². The summed E-state index contributed by atoms with van der Waals surface area (Å²) in [6.07, 6.45) is -0.0354. The molecule has 0 radical (unpaired) electrons. The smallest absolute Gasteiger partial charge is 0.310 e. The molecular formula is C18H17Cl2NO4. The molecule has 1 amide bonds. The summed E-state index contributed by atoms with van der Waals surface area (Å²) < 4.78 is 10.3. The van der Waals surface area contributed by atoms with Crippen LogP contribution in [0.5, 0.6) is 5.75 Å². The monoisotopic (exact) mass is 381 g/mol. The molecule has 2 aromatic carbocycles. The molecule has 0 saturated carbocycles. The predicted molar refractivity (Wildman–Crippen MR) is 97.4 cm³/mol. The zero-order chi connectivity index (χ0) is 18.2. The van der Waals surface area contributed by atoms with Crippen LogP contribution in [0.15, 0.2) is 42.5 Å². The summed E-state index contributed by atoms with van der Waals surface area (Å²) in [5.41, 5.74) is 1.17. The van der Waals surface area contributed by atoms with Crippen LogP contribution in [-0.4, -0.2) is 25.1 Å². The number of esters is 1. The average Bonchev–Trinajstić information content (AvgIpc) is 2.58.